The third-order valence-electron chi connectivity index (χ3n) is 3.25. The smallest absolute Gasteiger partial charge is 0.262 e. The van der Waals surface area contributed by atoms with Crippen molar-refractivity contribution in [3.8, 4) is 0 Å². The maximum atomic E-state index is 12.6. The Labute approximate surface area is 144 Å². The van der Waals surface area contributed by atoms with Gasteiger partial charge in [-0.2, -0.15) is 0 Å². The summed E-state index contributed by atoms with van der Waals surface area (Å²) in [7, 11) is -3.81. The van der Waals surface area contributed by atoms with Crippen LogP contribution in [0.25, 0.3) is 10.9 Å². The summed E-state index contributed by atoms with van der Waals surface area (Å²) in [5.41, 5.74) is 2.10. The van der Waals surface area contributed by atoms with Crippen molar-refractivity contribution in [2.24, 2.45) is 0 Å². The van der Waals surface area contributed by atoms with Gasteiger partial charge >= 0.3 is 0 Å². The van der Waals surface area contributed by atoms with Gasteiger partial charge in [0.05, 0.1) is 16.1 Å². The number of benzene rings is 2. The molecule has 0 aliphatic rings. The third-order valence-corrected chi connectivity index (χ3v) is 5.03. The fourth-order valence-corrected chi connectivity index (χ4v) is 4.03. The number of fused-ring (bicyclic) bond motifs is 1. The predicted octanol–water partition coefficient (Wildman–Crippen LogP) is 4.65. The van der Waals surface area contributed by atoms with Crippen LogP contribution in [0.4, 0.5) is 5.69 Å². The van der Waals surface area contributed by atoms with Crippen LogP contribution in [0, 0.1) is 6.92 Å². The van der Waals surface area contributed by atoms with Crippen LogP contribution in [-0.2, 0) is 10.0 Å². The van der Waals surface area contributed by atoms with Gasteiger partial charge in [0.25, 0.3) is 10.0 Å². The molecule has 0 saturated carbocycles. The SMILES string of the molecule is Cc1cnc2cccc(NS(=O)(=O)c3cc(Cl)cc(Cl)c3)c2c1. The molecule has 7 heteroatoms. The van der Waals surface area contributed by atoms with Crippen molar-refractivity contribution in [1.82, 2.24) is 4.98 Å². The van der Waals surface area contributed by atoms with Gasteiger partial charge in [0.1, 0.15) is 0 Å². The van der Waals surface area contributed by atoms with Crippen molar-refractivity contribution in [3.05, 3.63) is 64.3 Å². The van der Waals surface area contributed by atoms with Crippen LogP contribution < -0.4 is 4.72 Å². The Morgan fingerprint density at radius 1 is 1.04 bits per heavy atom. The Bertz CT molecular complexity index is 984. The van der Waals surface area contributed by atoms with E-state index >= 15 is 0 Å². The summed E-state index contributed by atoms with van der Waals surface area (Å²) in [6.45, 7) is 1.90. The van der Waals surface area contributed by atoms with Crippen molar-refractivity contribution >= 4 is 49.8 Å². The molecule has 23 heavy (non-hydrogen) atoms. The van der Waals surface area contributed by atoms with Gasteiger partial charge in [-0.25, -0.2) is 8.42 Å². The first-order valence-electron chi connectivity index (χ1n) is 6.69. The van der Waals surface area contributed by atoms with Gasteiger partial charge in [-0.05, 0) is 48.9 Å². The van der Waals surface area contributed by atoms with Crippen molar-refractivity contribution in [1.29, 1.82) is 0 Å². The van der Waals surface area contributed by atoms with Gasteiger partial charge in [0, 0.05) is 21.6 Å². The average Bonchev–Trinajstić information content (AvgIpc) is 2.46. The maximum absolute atomic E-state index is 12.6. The van der Waals surface area contributed by atoms with E-state index in [0.29, 0.717) is 11.2 Å². The minimum absolute atomic E-state index is 0.00705. The Balaban J connectivity index is 2.09. The molecule has 0 unspecified atom stereocenters. The lowest BCUT2D eigenvalue weighted by Gasteiger charge is -2.11. The molecule has 0 amide bonds. The van der Waals surface area contributed by atoms with E-state index in [9.17, 15) is 8.42 Å². The number of nitrogens with zero attached hydrogens (tertiary/aromatic N) is 1. The highest BCUT2D eigenvalue weighted by Gasteiger charge is 2.17. The highest BCUT2D eigenvalue weighted by atomic mass is 35.5. The van der Waals surface area contributed by atoms with E-state index in [0.717, 1.165) is 10.9 Å². The summed E-state index contributed by atoms with van der Waals surface area (Å²) in [5, 5.41) is 1.24. The molecule has 0 aliphatic carbocycles. The van der Waals surface area contributed by atoms with Gasteiger partial charge in [0.2, 0.25) is 0 Å². The molecule has 3 aromatic rings. The normalized spacial score (nSPS) is 11.6. The number of hydrogen-bond donors (Lipinski definition) is 1. The quantitative estimate of drug-likeness (QED) is 0.733. The van der Waals surface area contributed by atoms with E-state index in [1.807, 2.05) is 19.1 Å². The monoisotopic (exact) mass is 366 g/mol. The summed E-state index contributed by atoms with van der Waals surface area (Å²) in [6, 6.07) is 11.3. The molecule has 1 N–H and O–H groups in total. The van der Waals surface area contributed by atoms with Crippen LogP contribution in [0.2, 0.25) is 10.0 Å². The van der Waals surface area contributed by atoms with E-state index in [1.165, 1.54) is 18.2 Å². The van der Waals surface area contributed by atoms with Crippen molar-refractivity contribution in [2.75, 3.05) is 4.72 Å². The first-order valence-corrected chi connectivity index (χ1v) is 8.93. The second kappa shape index (κ2) is 6.00. The fourth-order valence-electron chi connectivity index (χ4n) is 2.23. The van der Waals surface area contributed by atoms with Gasteiger partial charge in [-0.3, -0.25) is 9.71 Å². The molecule has 3 rings (SSSR count). The van der Waals surface area contributed by atoms with Crippen LogP contribution >= 0.6 is 23.2 Å². The molecule has 1 heterocycles. The van der Waals surface area contributed by atoms with Crippen LogP contribution in [-0.4, -0.2) is 13.4 Å². The predicted molar refractivity (Wildman–Crippen MR) is 93.8 cm³/mol. The number of sulfonamides is 1. The second-order valence-electron chi connectivity index (χ2n) is 5.10. The first kappa shape index (κ1) is 16.1. The molecule has 0 spiro atoms. The van der Waals surface area contributed by atoms with Crippen molar-refractivity contribution < 1.29 is 8.42 Å². The zero-order valence-corrected chi connectivity index (χ0v) is 14.4. The Morgan fingerprint density at radius 3 is 2.43 bits per heavy atom. The van der Waals surface area contributed by atoms with Crippen LogP contribution in [0.1, 0.15) is 5.56 Å². The lowest BCUT2D eigenvalue weighted by atomic mass is 10.1. The molecule has 0 radical (unpaired) electrons. The lowest BCUT2D eigenvalue weighted by Crippen LogP contribution is -2.13. The molecule has 0 bridgehead atoms. The summed E-state index contributed by atoms with van der Waals surface area (Å²) in [4.78, 5) is 4.30. The third kappa shape index (κ3) is 3.42. The van der Waals surface area contributed by atoms with E-state index in [4.69, 9.17) is 23.2 Å². The molecule has 1 aromatic heterocycles. The Morgan fingerprint density at radius 2 is 1.74 bits per heavy atom. The zero-order chi connectivity index (χ0) is 16.6. The van der Waals surface area contributed by atoms with Crippen LogP contribution in [0.15, 0.2) is 53.6 Å². The highest BCUT2D eigenvalue weighted by molar-refractivity contribution is 7.92. The second-order valence-corrected chi connectivity index (χ2v) is 7.65. The zero-order valence-electron chi connectivity index (χ0n) is 12.0. The Kier molecular flexibility index (Phi) is 4.19. The van der Waals surface area contributed by atoms with Crippen LogP contribution in [0.5, 0.6) is 0 Å². The molecule has 0 atom stereocenters. The van der Waals surface area contributed by atoms with E-state index < -0.39 is 10.0 Å². The number of halogens is 2. The van der Waals surface area contributed by atoms with E-state index in [-0.39, 0.29) is 14.9 Å². The number of hydrogen-bond acceptors (Lipinski definition) is 3. The highest BCUT2D eigenvalue weighted by Crippen LogP contribution is 2.27. The molecular formula is C16H12Cl2N2O2S. The molecular weight excluding hydrogens is 355 g/mol. The number of anilines is 1. The summed E-state index contributed by atoms with van der Waals surface area (Å²) < 4.78 is 27.7. The molecule has 4 nitrogen and oxygen atoms in total. The van der Waals surface area contributed by atoms with Gasteiger partial charge in [-0.1, -0.05) is 29.3 Å². The molecule has 0 aliphatic heterocycles. The largest absolute Gasteiger partial charge is 0.279 e. The van der Waals surface area contributed by atoms with Gasteiger partial charge in [0.15, 0.2) is 0 Å². The summed E-state index contributed by atoms with van der Waals surface area (Å²) in [5.74, 6) is 0. The fraction of sp³-hybridized carbons (Fsp3) is 0.0625. The van der Waals surface area contributed by atoms with E-state index in [2.05, 4.69) is 9.71 Å². The Hall–Kier alpha value is -1.82. The molecule has 118 valence electrons. The number of aromatic nitrogens is 1. The number of nitrogens with one attached hydrogen (secondary N) is 1. The minimum atomic E-state index is -3.81. The van der Waals surface area contributed by atoms with Gasteiger partial charge in [-0.15, -0.1) is 0 Å². The summed E-state index contributed by atoms with van der Waals surface area (Å²) in [6.07, 6.45) is 1.73. The average molecular weight is 367 g/mol. The number of rotatable bonds is 3. The number of aryl methyl sites for hydroxylation is 1. The number of pyridine rings is 1. The maximum Gasteiger partial charge on any atom is 0.262 e. The van der Waals surface area contributed by atoms with Gasteiger partial charge < -0.3 is 0 Å². The first-order chi connectivity index (χ1) is 10.8. The topological polar surface area (TPSA) is 59.1 Å². The lowest BCUT2D eigenvalue weighted by molar-refractivity contribution is 0.601. The van der Waals surface area contributed by atoms with Crippen molar-refractivity contribution in [2.45, 2.75) is 11.8 Å². The minimum Gasteiger partial charge on any atom is -0.279 e. The molecule has 2 aromatic carbocycles. The standard InChI is InChI=1S/C16H12Cl2N2O2S/c1-10-5-14-15(19-9-10)3-2-4-16(14)20-23(21,22)13-7-11(17)6-12(18)8-13/h2-9,20H,1H3. The van der Waals surface area contributed by atoms with Crippen molar-refractivity contribution in [3.63, 3.8) is 0 Å². The summed E-state index contributed by atoms with van der Waals surface area (Å²) >= 11 is 11.8. The van der Waals surface area contributed by atoms with Crippen LogP contribution in [0.3, 0.4) is 0 Å². The molecule has 0 saturated heterocycles. The van der Waals surface area contributed by atoms with E-state index in [1.54, 1.807) is 18.3 Å². The molecule has 0 fully saturated rings.